The number of aromatic nitrogens is 2. The monoisotopic (exact) mass is 385 g/mol. The molecule has 0 spiro atoms. The Balaban J connectivity index is 0.00000243. The number of methoxy groups -OCH3 is 1. The Morgan fingerprint density at radius 1 is 1.27 bits per heavy atom. The summed E-state index contributed by atoms with van der Waals surface area (Å²) in [5.74, 6) is -0.187. The maximum atomic E-state index is 11.4. The highest BCUT2D eigenvalue weighted by molar-refractivity contribution is 5.85. The highest BCUT2D eigenvalue weighted by Gasteiger charge is 2.29. The molecule has 1 atom stereocenters. The fourth-order valence-corrected chi connectivity index (χ4v) is 4.00. The fraction of sp³-hybridized carbons (Fsp3) is 0.778. The molecule has 0 bridgehead atoms. The fourth-order valence-electron chi connectivity index (χ4n) is 4.00. The predicted octanol–water partition coefficient (Wildman–Crippen LogP) is 0.964. The van der Waals surface area contributed by atoms with E-state index >= 15 is 0 Å². The van der Waals surface area contributed by atoms with Gasteiger partial charge in [-0.15, -0.1) is 12.4 Å². The molecule has 26 heavy (non-hydrogen) atoms. The molecule has 1 aromatic heterocycles. The molecular weight excluding hydrogens is 354 g/mol. The molecule has 2 aliphatic rings. The molecule has 0 amide bonds. The molecule has 8 heteroatoms. The number of halogens is 1. The molecule has 2 aliphatic heterocycles. The molecule has 148 valence electrons. The minimum Gasteiger partial charge on any atom is -0.469 e. The van der Waals surface area contributed by atoms with Crippen molar-refractivity contribution in [2.45, 2.75) is 45.8 Å². The van der Waals surface area contributed by atoms with Gasteiger partial charge >= 0.3 is 5.97 Å². The van der Waals surface area contributed by atoms with E-state index in [9.17, 15) is 4.79 Å². The van der Waals surface area contributed by atoms with Crippen molar-refractivity contribution in [1.82, 2.24) is 24.9 Å². The molecule has 0 aromatic carbocycles. The lowest BCUT2D eigenvalue weighted by molar-refractivity contribution is -0.140. The topological polar surface area (TPSA) is 62.6 Å². The molecule has 1 aromatic rings. The highest BCUT2D eigenvalue weighted by Crippen LogP contribution is 2.22. The number of aryl methyl sites for hydroxylation is 2. The maximum Gasteiger partial charge on any atom is 0.307 e. The van der Waals surface area contributed by atoms with Crippen LogP contribution >= 0.6 is 12.4 Å². The summed E-state index contributed by atoms with van der Waals surface area (Å²) in [7, 11) is 1.43. The van der Waals surface area contributed by atoms with Crippen LogP contribution in [0.5, 0.6) is 0 Å². The van der Waals surface area contributed by atoms with Crippen molar-refractivity contribution in [3.63, 3.8) is 0 Å². The molecule has 0 saturated carbocycles. The summed E-state index contributed by atoms with van der Waals surface area (Å²) < 4.78 is 6.68. The maximum absolute atomic E-state index is 11.4. The van der Waals surface area contributed by atoms with E-state index in [2.05, 4.69) is 34.1 Å². The number of piperazine rings is 1. The Kier molecular flexibility index (Phi) is 7.88. The van der Waals surface area contributed by atoms with Crippen LogP contribution in [0.25, 0.3) is 0 Å². The van der Waals surface area contributed by atoms with Crippen molar-refractivity contribution >= 4 is 18.4 Å². The van der Waals surface area contributed by atoms with E-state index in [1.54, 1.807) is 0 Å². The van der Waals surface area contributed by atoms with Gasteiger partial charge in [0.05, 0.1) is 25.8 Å². The normalized spacial score (nSPS) is 21.6. The number of ether oxygens (including phenoxy) is 1. The first-order chi connectivity index (χ1) is 12.1. The highest BCUT2D eigenvalue weighted by atomic mass is 35.5. The van der Waals surface area contributed by atoms with Crippen molar-refractivity contribution in [2.24, 2.45) is 0 Å². The Labute approximate surface area is 162 Å². The first-order valence-corrected chi connectivity index (χ1v) is 9.35. The Bertz CT molecular complexity index is 601. The third-order valence-electron chi connectivity index (χ3n) is 5.58. The number of carbonyl (C=O) groups is 1. The van der Waals surface area contributed by atoms with E-state index in [-0.39, 0.29) is 18.4 Å². The number of nitrogens with zero attached hydrogens (tertiary/aromatic N) is 4. The van der Waals surface area contributed by atoms with Crippen molar-refractivity contribution < 1.29 is 9.53 Å². The zero-order valence-electron chi connectivity index (χ0n) is 16.2. The summed E-state index contributed by atoms with van der Waals surface area (Å²) >= 11 is 0. The number of carbonyl (C=O) groups excluding carboxylic acids is 1. The van der Waals surface area contributed by atoms with Crippen molar-refractivity contribution in [2.75, 3.05) is 46.4 Å². The second-order valence-electron chi connectivity index (χ2n) is 7.16. The van der Waals surface area contributed by atoms with Crippen LogP contribution in [0.3, 0.4) is 0 Å². The summed E-state index contributed by atoms with van der Waals surface area (Å²) in [4.78, 5) is 16.6. The minimum absolute atomic E-state index is 0. The largest absolute Gasteiger partial charge is 0.469 e. The first-order valence-electron chi connectivity index (χ1n) is 9.35. The second-order valence-corrected chi connectivity index (χ2v) is 7.16. The summed E-state index contributed by atoms with van der Waals surface area (Å²) in [5, 5.41) is 8.06. The molecule has 3 heterocycles. The molecule has 0 aliphatic carbocycles. The van der Waals surface area contributed by atoms with Crippen molar-refractivity contribution in [1.29, 1.82) is 0 Å². The number of nitrogens with one attached hydrogen (secondary N) is 1. The number of hydrogen-bond acceptors (Lipinski definition) is 6. The summed E-state index contributed by atoms with van der Waals surface area (Å²) in [6.45, 7) is 12.6. The number of likely N-dealkylation sites (tertiary alicyclic amines) is 1. The van der Waals surface area contributed by atoms with E-state index in [1.807, 2.05) is 4.68 Å². The van der Waals surface area contributed by atoms with Crippen LogP contribution < -0.4 is 5.32 Å². The van der Waals surface area contributed by atoms with Gasteiger partial charge in [-0.1, -0.05) is 0 Å². The Morgan fingerprint density at radius 2 is 2.00 bits per heavy atom. The van der Waals surface area contributed by atoms with Gasteiger partial charge in [-0.3, -0.25) is 19.3 Å². The second kappa shape index (κ2) is 9.69. The van der Waals surface area contributed by atoms with Crippen LogP contribution in [0, 0.1) is 13.8 Å². The van der Waals surface area contributed by atoms with Crippen LogP contribution in [-0.4, -0.2) is 78.0 Å². The average Bonchev–Trinajstić information content (AvgIpc) is 3.21. The van der Waals surface area contributed by atoms with Crippen LogP contribution in [0.4, 0.5) is 0 Å². The average molecular weight is 386 g/mol. The van der Waals surface area contributed by atoms with Gasteiger partial charge in [0.15, 0.2) is 0 Å². The van der Waals surface area contributed by atoms with E-state index in [1.165, 1.54) is 37.9 Å². The molecule has 2 fully saturated rings. The zero-order chi connectivity index (χ0) is 17.8. The standard InChI is InChI=1S/C18H31N5O2.ClH/c1-14-17(15(2)23(20-14)9-5-18(24)25-3)13-21-8-4-16(12-21)22-10-6-19-7-11-22;/h16,19H,4-13H2,1-3H3;1H. The third kappa shape index (κ3) is 4.97. The van der Waals surface area contributed by atoms with E-state index < -0.39 is 0 Å². The van der Waals surface area contributed by atoms with Crippen LogP contribution in [0.2, 0.25) is 0 Å². The molecule has 1 N–H and O–H groups in total. The lowest BCUT2D eigenvalue weighted by atomic mass is 10.2. The number of esters is 1. The molecular formula is C18H32ClN5O2. The van der Waals surface area contributed by atoms with Gasteiger partial charge in [-0.05, 0) is 20.3 Å². The number of rotatable bonds is 6. The first kappa shape index (κ1) is 21.2. The minimum atomic E-state index is -0.187. The van der Waals surface area contributed by atoms with Crippen molar-refractivity contribution in [3.8, 4) is 0 Å². The van der Waals surface area contributed by atoms with Gasteiger partial charge in [-0.25, -0.2) is 0 Å². The molecule has 1 unspecified atom stereocenters. The smallest absolute Gasteiger partial charge is 0.307 e. The Hall–Kier alpha value is -1.15. The van der Waals surface area contributed by atoms with Gasteiger partial charge in [0.25, 0.3) is 0 Å². The van der Waals surface area contributed by atoms with E-state index in [0.29, 0.717) is 19.0 Å². The third-order valence-corrected chi connectivity index (χ3v) is 5.58. The van der Waals surface area contributed by atoms with Crippen LogP contribution in [0.1, 0.15) is 29.8 Å². The molecule has 0 radical (unpaired) electrons. The lowest BCUT2D eigenvalue weighted by Crippen LogP contribution is -2.49. The van der Waals surface area contributed by atoms with Gasteiger partial charge < -0.3 is 10.1 Å². The van der Waals surface area contributed by atoms with Crippen LogP contribution in [0.15, 0.2) is 0 Å². The lowest BCUT2D eigenvalue weighted by Gasteiger charge is -2.32. The Morgan fingerprint density at radius 3 is 2.69 bits per heavy atom. The van der Waals surface area contributed by atoms with Crippen LogP contribution in [-0.2, 0) is 22.6 Å². The van der Waals surface area contributed by atoms with E-state index in [4.69, 9.17) is 4.74 Å². The van der Waals surface area contributed by atoms with Gasteiger partial charge in [0, 0.05) is 63.1 Å². The van der Waals surface area contributed by atoms with E-state index in [0.717, 1.165) is 38.4 Å². The number of hydrogen-bond donors (Lipinski definition) is 1. The quantitative estimate of drug-likeness (QED) is 0.736. The van der Waals surface area contributed by atoms with Gasteiger partial charge in [0.2, 0.25) is 0 Å². The molecule has 7 nitrogen and oxygen atoms in total. The zero-order valence-corrected chi connectivity index (χ0v) is 17.0. The predicted molar refractivity (Wildman–Crippen MR) is 104 cm³/mol. The van der Waals surface area contributed by atoms with Crippen molar-refractivity contribution in [3.05, 3.63) is 17.0 Å². The summed E-state index contributed by atoms with van der Waals surface area (Å²) in [5.41, 5.74) is 3.56. The van der Waals surface area contributed by atoms with Gasteiger partial charge in [-0.2, -0.15) is 5.10 Å². The van der Waals surface area contributed by atoms with Gasteiger partial charge in [0.1, 0.15) is 0 Å². The SMILES string of the molecule is COC(=O)CCn1nc(C)c(CN2CCC(N3CCNCC3)C2)c1C.Cl. The molecule has 3 rings (SSSR count). The summed E-state index contributed by atoms with van der Waals surface area (Å²) in [6, 6.07) is 0.692. The summed E-state index contributed by atoms with van der Waals surface area (Å²) in [6.07, 6.45) is 1.63. The molecule has 2 saturated heterocycles.